The zero-order valence-electron chi connectivity index (χ0n) is 10.3. The van der Waals surface area contributed by atoms with E-state index < -0.39 is 22.1 Å². The molecule has 0 aromatic carbocycles. The number of aromatic amines is 1. The smallest absolute Gasteiger partial charge is 0.342 e. The third-order valence-electron chi connectivity index (χ3n) is 2.80. The van der Waals surface area contributed by atoms with E-state index in [-0.39, 0.29) is 23.2 Å². The maximum Gasteiger partial charge on any atom is 0.342 e. The van der Waals surface area contributed by atoms with Crippen molar-refractivity contribution in [1.29, 1.82) is 0 Å². The Labute approximate surface area is 110 Å². The highest BCUT2D eigenvalue weighted by Crippen LogP contribution is 2.22. The maximum atomic E-state index is 12.1. The average Bonchev–Trinajstić information content (AvgIpc) is 2.76. The van der Waals surface area contributed by atoms with Crippen molar-refractivity contribution in [2.24, 2.45) is 0 Å². The summed E-state index contributed by atoms with van der Waals surface area (Å²) in [5.74, 6) is -0.745. The van der Waals surface area contributed by atoms with Crippen LogP contribution in [-0.4, -0.2) is 48.4 Å². The molecule has 106 valence electrons. The fraction of sp³-hybridized carbons (Fsp3) is 0.600. The predicted molar refractivity (Wildman–Crippen MR) is 63.9 cm³/mol. The number of aromatic nitrogens is 2. The molecule has 1 saturated carbocycles. The van der Waals surface area contributed by atoms with Crippen LogP contribution in [0.4, 0.5) is 0 Å². The molecule has 1 aliphatic carbocycles. The summed E-state index contributed by atoms with van der Waals surface area (Å²) in [6.07, 6.45) is 1.37. The minimum atomic E-state index is -3.87. The number of esters is 1. The molecule has 19 heavy (non-hydrogen) atoms. The number of aliphatic hydroxyl groups excluding tert-OH is 1. The van der Waals surface area contributed by atoms with Gasteiger partial charge in [0.25, 0.3) is 10.0 Å². The number of carbonyl (C=O) groups excluding carboxylic acids is 1. The minimum Gasteiger partial charge on any atom is -0.462 e. The SMILES string of the molecule is CCOC(=O)c1cn[nH]c1S(=O)(=O)NC1CC(O)C1. The van der Waals surface area contributed by atoms with E-state index in [2.05, 4.69) is 14.9 Å². The van der Waals surface area contributed by atoms with Gasteiger partial charge < -0.3 is 9.84 Å². The third-order valence-corrected chi connectivity index (χ3v) is 4.30. The number of H-pyrrole nitrogens is 1. The van der Waals surface area contributed by atoms with E-state index in [0.29, 0.717) is 12.8 Å². The van der Waals surface area contributed by atoms with E-state index in [0.717, 1.165) is 6.20 Å². The van der Waals surface area contributed by atoms with Crippen LogP contribution in [0.3, 0.4) is 0 Å². The number of nitrogens with one attached hydrogen (secondary N) is 2. The highest BCUT2D eigenvalue weighted by Gasteiger charge is 2.34. The van der Waals surface area contributed by atoms with Crippen LogP contribution in [0.25, 0.3) is 0 Å². The molecule has 0 spiro atoms. The van der Waals surface area contributed by atoms with Crippen molar-refractivity contribution in [3.05, 3.63) is 11.8 Å². The molecule has 3 N–H and O–H groups in total. The molecule has 8 nitrogen and oxygen atoms in total. The van der Waals surface area contributed by atoms with Crippen molar-refractivity contribution in [3.63, 3.8) is 0 Å². The predicted octanol–water partition coefficient (Wildman–Crippen LogP) is -0.612. The summed E-state index contributed by atoms with van der Waals surface area (Å²) in [6.45, 7) is 1.77. The van der Waals surface area contributed by atoms with E-state index >= 15 is 0 Å². The highest BCUT2D eigenvalue weighted by atomic mass is 32.2. The molecule has 0 saturated heterocycles. The summed E-state index contributed by atoms with van der Waals surface area (Å²) >= 11 is 0. The van der Waals surface area contributed by atoms with Crippen molar-refractivity contribution in [1.82, 2.24) is 14.9 Å². The van der Waals surface area contributed by atoms with Gasteiger partial charge in [-0.3, -0.25) is 5.10 Å². The van der Waals surface area contributed by atoms with Gasteiger partial charge in [0.1, 0.15) is 5.56 Å². The molecule has 1 heterocycles. The van der Waals surface area contributed by atoms with E-state index in [4.69, 9.17) is 9.84 Å². The Kier molecular flexibility index (Phi) is 3.88. The van der Waals surface area contributed by atoms with Gasteiger partial charge in [-0.2, -0.15) is 5.10 Å². The van der Waals surface area contributed by atoms with Gasteiger partial charge in [-0.05, 0) is 19.8 Å². The molecule has 9 heteroatoms. The second kappa shape index (κ2) is 5.27. The van der Waals surface area contributed by atoms with Crippen LogP contribution < -0.4 is 4.72 Å². The van der Waals surface area contributed by atoms with Crippen LogP contribution in [0, 0.1) is 0 Å². The molecule has 1 fully saturated rings. The first-order valence-corrected chi connectivity index (χ1v) is 7.33. The first-order chi connectivity index (χ1) is 8.94. The Bertz CT molecular complexity index is 561. The van der Waals surface area contributed by atoms with Crippen LogP contribution >= 0.6 is 0 Å². The van der Waals surface area contributed by atoms with Crippen LogP contribution in [0.5, 0.6) is 0 Å². The van der Waals surface area contributed by atoms with Gasteiger partial charge in [0.05, 0.1) is 18.9 Å². The summed E-state index contributed by atoms with van der Waals surface area (Å²) in [7, 11) is -3.87. The lowest BCUT2D eigenvalue weighted by atomic mass is 9.91. The first-order valence-electron chi connectivity index (χ1n) is 5.85. The van der Waals surface area contributed by atoms with Crippen LogP contribution in [0.2, 0.25) is 0 Å². The van der Waals surface area contributed by atoms with E-state index in [1.807, 2.05) is 0 Å². The number of carbonyl (C=O) groups is 1. The van der Waals surface area contributed by atoms with Gasteiger partial charge in [0, 0.05) is 6.04 Å². The van der Waals surface area contributed by atoms with Gasteiger partial charge in [-0.25, -0.2) is 17.9 Å². The van der Waals surface area contributed by atoms with E-state index in [1.165, 1.54) is 0 Å². The minimum absolute atomic E-state index is 0.130. The van der Waals surface area contributed by atoms with Crippen LogP contribution in [-0.2, 0) is 14.8 Å². The second-order valence-corrected chi connectivity index (χ2v) is 5.93. The van der Waals surface area contributed by atoms with Gasteiger partial charge in [-0.1, -0.05) is 0 Å². The standard InChI is InChI=1S/C10H15N3O5S/c1-2-18-10(15)8-5-11-12-9(8)19(16,17)13-6-3-7(14)4-6/h5-7,13-14H,2-4H2,1H3,(H,11,12). The molecule has 0 radical (unpaired) electrons. The molecule has 1 aromatic rings. The van der Waals surface area contributed by atoms with Gasteiger partial charge in [0.2, 0.25) is 0 Å². The Hall–Kier alpha value is -1.45. The number of nitrogens with zero attached hydrogens (tertiary/aromatic N) is 1. The molecule has 1 aliphatic rings. The number of hydrogen-bond donors (Lipinski definition) is 3. The number of sulfonamides is 1. The molecule has 0 bridgehead atoms. The Balaban J connectivity index is 2.16. The van der Waals surface area contributed by atoms with Gasteiger partial charge in [0.15, 0.2) is 5.03 Å². The lowest BCUT2D eigenvalue weighted by Gasteiger charge is -2.31. The molecular weight excluding hydrogens is 274 g/mol. The van der Waals surface area contributed by atoms with Crippen molar-refractivity contribution in [2.45, 2.75) is 36.9 Å². The van der Waals surface area contributed by atoms with E-state index in [9.17, 15) is 13.2 Å². The molecule has 0 unspecified atom stereocenters. The monoisotopic (exact) mass is 289 g/mol. The topological polar surface area (TPSA) is 121 Å². The third kappa shape index (κ3) is 2.94. The number of aliphatic hydroxyl groups is 1. The van der Waals surface area contributed by atoms with Crippen molar-refractivity contribution in [3.8, 4) is 0 Å². The summed E-state index contributed by atoms with van der Waals surface area (Å²) in [5.41, 5.74) is -0.130. The molecular formula is C10H15N3O5S. The fourth-order valence-electron chi connectivity index (χ4n) is 1.80. The highest BCUT2D eigenvalue weighted by molar-refractivity contribution is 7.89. The maximum absolute atomic E-state index is 12.1. The molecule has 0 atom stereocenters. The number of hydrogen-bond acceptors (Lipinski definition) is 6. The zero-order chi connectivity index (χ0) is 14.0. The normalized spacial score (nSPS) is 22.8. The Morgan fingerprint density at radius 1 is 1.63 bits per heavy atom. The molecule has 1 aromatic heterocycles. The second-order valence-electron chi connectivity index (χ2n) is 4.28. The number of rotatable bonds is 5. The van der Waals surface area contributed by atoms with Gasteiger partial charge >= 0.3 is 5.97 Å². The summed E-state index contributed by atoms with van der Waals surface area (Å²) < 4.78 is 31.3. The van der Waals surface area contributed by atoms with Crippen LogP contribution in [0.15, 0.2) is 11.2 Å². The lowest BCUT2D eigenvalue weighted by molar-refractivity contribution is 0.0521. The summed E-state index contributed by atoms with van der Waals surface area (Å²) in [4.78, 5) is 11.6. The average molecular weight is 289 g/mol. The largest absolute Gasteiger partial charge is 0.462 e. The van der Waals surface area contributed by atoms with Crippen molar-refractivity contribution >= 4 is 16.0 Å². The fourth-order valence-corrected chi connectivity index (χ4v) is 3.14. The van der Waals surface area contributed by atoms with Crippen LogP contribution in [0.1, 0.15) is 30.1 Å². The van der Waals surface area contributed by atoms with Gasteiger partial charge in [-0.15, -0.1) is 0 Å². The zero-order valence-corrected chi connectivity index (χ0v) is 11.1. The Morgan fingerprint density at radius 3 is 2.89 bits per heavy atom. The quantitative estimate of drug-likeness (QED) is 0.622. The van der Waals surface area contributed by atoms with Crippen molar-refractivity contribution in [2.75, 3.05) is 6.61 Å². The summed E-state index contributed by atoms with van der Waals surface area (Å²) in [5, 5.41) is 14.7. The molecule has 0 aliphatic heterocycles. The Morgan fingerprint density at radius 2 is 2.32 bits per heavy atom. The summed E-state index contributed by atoms with van der Waals surface area (Å²) in [6, 6.07) is -0.321. The molecule has 2 rings (SSSR count). The van der Waals surface area contributed by atoms with E-state index in [1.54, 1.807) is 6.92 Å². The number of ether oxygens (including phenoxy) is 1. The lowest BCUT2D eigenvalue weighted by Crippen LogP contribution is -2.46. The van der Waals surface area contributed by atoms with Crippen molar-refractivity contribution < 1.29 is 23.1 Å². The first kappa shape index (κ1) is 14.0. The molecule has 0 amide bonds.